The molecule has 0 aliphatic heterocycles. The van der Waals surface area contributed by atoms with Gasteiger partial charge in [0.05, 0.1) is 23.3 Å². The van der Waals surface area contributed by atoms with Gasteiger partial charge < -0.3 is 4.57 Å². The molecule has 1 aromatic heterocycles. The lowest BCUT2D eigenvalue weighted by Gasteiger charge is -2.09. The average molecular weight is 389 g/mol. The number of rotatable bonds is 5. The lowest BCUT2D eigenvalue weighted by Crippen LogP contribution is -2.41. The van der Waals surface area contributed by atoms with Crippen LogP contribution in [0.4, 0.5) is 0 Å². The minimum Gasteiger partial charge on any atom is -0.314 e. The maximum Gasteiger partial charge on any atom is 0.248 e. The predicted octanol–water partition coefficient (Wildman–Crippen LogP) is 3.00. The van der Waals surface area contributed by atoms with Gasteiger partial charge in [0.15, 0.2) is 5.16 Å². The Labute approximate surface area is 159 Å². The summed E-state index contributed by atoms with van der Waals surface area (Å²) < 4.78 is 2.05. The third-order valence-corrected chi connectivity index (χ3v) is 4.78. The zero-order chi connectivity index (χ0) is 18.5. The second-order valence-electron chi connectivity index (χ2n) is 5.62. The molecule has 1 heterocycles. The van der Waals surface area contributed by atoms with Crippen LogP contribution in [-0.2, 0) is 16.1 Å². The predicted molar refractivity (Wildman–Crippen MR) is 103 cm³/mol. The quantitative estimate of drug-likeness (QED) is 0.520. The van der Waals surface area contributed by atoms with Gasteiger partial charge in [0.25, 0.3) is 0 Å². The zero-order valence-electron chi connectivity index (χ0n) is 14.0. The summed E-state index contributed by atoms with van der Waals surface area (Å²) >= 11 is 7.38. The fraction of sp³-hybridized carbons (Fsp3) is 0.167. The molecular weight excluding hydrogens is 372 g/mol. The molecule has 0 fully saturated rings. The number of carbonyl (C=O) groups is 2. The van der Waals surface area contributed by atoms with E-state index in [1.807, 2.05) is 42.5 Å². The standard InChI is InChI=1S/C18H17ClN4O2S/c1-12(24)21-22-17(25)11-26-18-20-15-9-14(19)7-8-16(15)23(18)10-13-5-3-2-4-6-13/h2-9H,10-11H2,1H3,(H,21,24)(H,22,25). The van der Waals surface area contributed by atoms with Crippen molar-refractivity contribution in [2.45, 2.75) is 18.6 Å². The minimum atomic E-state index is -0.325. The summed E-state index contributed by atoms with van der Waals surface area (Å²) in [5.74, 6) is -0.498. The zero-order valence-corrected chi connectivity index (χ0v) is 15.6. The number of fused-ring (bicyclic) bond motifs is 1. The summed E-state index contributed by atoms with van der Waals surface area (Å²) in [6.45, 7) is 1.96. The second-order valence-corrected chi connectivity index (χ2v) is 7.00. The molecule has 2 aromatic carbocycles. The number of hydrazine groups is 1. The number of carbonyl (C=O) groups excluding carboxylic acids is 2. The molecule has 134 valence electrons. The van der Waals surface area contributed by atoms with E-state index in [0.29, 0.717) is 16.7 Å². The number of halogens is 1. The monoisotopic (exact) mass is 388 g/mol. The molecule has 0 aliphatic rings. The van der Waals surface area contributed by atoms with E-state index in [4.69, 9.17) is 11.6 Å². The Hall–Kier alpha value is -2.51. The van der Waals surface area contributed by atoms with E-state index in [-0.39, 0.29) is 17.6 Å². The smallest absolute Gasteiger partial charge is 0.248 e. The Morgan fingerprint density at radius 3 is 2.65 bits per heavy atom. The molecule has 0 radical (unpaired) electrons. The average Bonchev–Trinajstić information content (AvgIpc) is 2.95. The minimum absolute atomic E-state index is 0.131. The van der Waals surface area contributed by atoms with Gasteiger partial charge in [-0.05, 0) is 23.8 Å². The van der Waals surface area contributed by atoms with Gasteiger partial charge in [0.2, 0.25) is 11.8 Å². The molecule has 26 heavy (non-hydrogen) atoms. The van der Waals surface area contributed by atoms with Gasteiger partial charge in [-0.15, -0.1) is 0 Å². The van der Waals surface area contributed by atoms with Crippen LogP contribution in [-0.4, -0.2) is 27.1 Å². The summed E-state index contributed by atoms with van der Waals surface area (Å²) in [6.07, 6.45) is 0. The highest BCUT2D eigenvalue weighted by atomic mass is 35.5. The SMILES string of the molecule is CC(=O)NNC(=O)CSc1nc2cc(Cl)ccc2n1Cc1ccccc1. The van der Waals surface area contributed by atoms with Crippen molar-refractivity contribution in [3.05, 3.63) is 59.1 Å². The molecule has 8 heteroatoms. The van der Waals surface area contributed by atoms with Crippen molar-refractivity contribution in [2.75, 3.05) is 5.75 Å². The first-order valence-electron chi connectivity index (χ1n) is 7.91. The summed E-state index contributed by atoms with van der Waals surface area (Å²) in [4.78, 5) is 27.3. The fourth-order valence-corrected chi connectivity index (χ4v) is 3.41. The summed E-state index contributed by atoms with van der Waals surface area (Å²) in [6, 6.07) is 15.6. The van der Waals surface area contributed by atoms with Gasteiger partial charge in [-0.1, -0.05) is 53.7 Å². The molecule has 0 atom stereocenters. The highest BCUT2D eigenvalue weighted by Crippen LogP contribution is 2.27. The van der Waals surface area contributed by atoms with Crippen LogP contribution in [0, 0.1) is 0 Å². The lowest BCUT2D eigenvalue weighted by molar-refractivity contribution is -0.126. The van der Waals surface area contributed by atoms with Crippen molar-refractivity contribution in [3.8, 4) is 0 Å². The van der Waals surface area contributed by atoms with Crippen LogP contribution >= 0.6 is 23.4 Å². The van der Waals surface area contributed by atoms with Crippen LogP contribution in [0.15, 0.2) is 53.7 Å². The number of aromatic nitrogens is 2. The molecule has 2 N–H and O–H groups in total. The molecule has 2 amide bonds. The van der Waals surface area contributed by atoms with Crippen LogP contribution in [0.3, 0.4) is 0 Å². The first kappa shape index (κ1) is 18.3. The molecule has 0 spiro atoms. The maximum absolute atomic E-state index is 11.9. The van der Waals surface area contributed by atoms with Crippen molar-refractivity contribution >= 4 is 46.2 Å². The van der Waals surface area contributed by atoms with E-state index in [1.54, 1.807) is 6.07 Å². The topological polar surface area (TPSA) is 76.0 Å². The van der Waals surface area contributed by atoms with Crippen LogP contribution in [0.25, 0.3) is 11.0 Å². The third-order valence-electron chi connectivity index (χ3n) is 3.57. The molecule has 0 saturated heterocycles. The number of amides is 2. The van der Waals surface area contributed by atoms with Crippen LogP contribution in [0.2, 0.25) is 5.02 Å². The van der Waals surface area contributed by atoms with Crippen molar-refractivity contribution in [2.24, 2.45) is 0 Å². The highest BCUT2D eigenvalue weighted by molar-refractivity contribution is 7.99. The summed E-state index contributed by atoms with van der Waals surface area (Å²) in [5, 5.41) is 1.32. The van der Waals surface area contributed by atoms with Crippen LogP contribution < -0.4 is 10.9 Å². The van der Waals surface area contributed by atoms with Crippen molar-refractivity contribution in [1.29, 1.82) is 0 Å². The number of nitrogens with one attached hydrogen (secondary N) is 2. The van der Waals surface area contributed by atoms with Crippen molar-refractivity contribution in [3.63, 3.8) is 0 Å². The number of nitrogens with zero attached hydrogens (tertiary/aromatic N) is 2. The second kappa shape index (κ2) is 8.25. The van der Waals surface area contributed by atoms with Gasteiger partial charge in [-0.25, -0.2) is 4.98 Å². The van der Waals surface area contributed by atoms with Crippen molar-refractivity contribution in [1.82, 2.24) is 20.4 Å². The Morgan fingerprint density at radius 1 is 1.15 bits per heavy atom. The Bertz CT molecular complexity index is 943. The highest BCUT2D eigenvalue weighted by Gasteiger charge is 2.14. The van der Waals surface area contributed by atoms with Gasteiger partial charge in [-0.2, -0.15) is 0 Å². The number of imidazole rings is 1. The molecule has 0 saturated carbocycles. The maximum atomic E-state index is 11.9. The lowest BCUT2D eigenvalue weighted by atomic mass is 10.2. The normalized spacial score (nSPS) is 10.7. The van der Waals surface area contributed by atoms with E-state index >= 15 is 0 Å². The number of thioether (sulfide) groups is 1. The van der Waals surface area contributed by atoms with E-state index in [9.17, 15) is 9.59 Å². The van der Waals surface area contributed by atoms with Crippen LogP contribution in [0.5, 0.6) is 0 Å². The van der Waals surface area contributed by atoms with Crippen molar-refractivity contribution < 1.29 is 9.59 Å². The first-order chi connectivity index (χ1) is 12.5. The molecular formula is C18H17ClN4O2S. The Morgan fingerprint density at radius 2 is 1.92 bits per heavy atom. The molecule has 0 aliphatic carbocycles. The Balaban J connectivity index is 1.84. The van der Waals surface area contributed by atoms with Gasteiger partial charge in [-0.3, -0.25) is 20.4 Å². The summed E-state index contributed by atoms with van der Waals surface area (Å²) in [7, 11) is 0. The fourth-order valence-electron chi connectivity index (χ4n) is 2.43. The molecule has 3 rings (SSSR count). The van der Waals surface area contributed by atoms with Crippen LogP contribution in [0.1, 0.15) is 12.5 Å². The largest absolute Gasteiger partial charge is 0.314 e. The van der Waals surface area contributed by atoms with E-state index in [2.05, 4.69) is 20.4 Å². The molecule has 0 bridgehead atoms. The molecule has 6 nitrogen and oxygen atoms in total. The van der Waals surface area contributed by atoms with Gasteiger partial charge in [0.1, 0.15) is 0 Å². The van der Waals surface area contributed by atoms with Gasteiger partial charge in [0, 0.05) is 11.9 Å². The number of hydrogen-bond acceptors (Lipinski definition) is 4. The molecule has 3 aromatic rings. The first-order valence-corrected chi connectivity index (χ1v) is 9.27. The third kappa shape index (κ3) is 4.56. The van der Waals surface area contributed by atoms with Gasteiger partial charge >= 0.3 is 0 Å². The van der Waals surface area contributed by atoms with E-state index in [0.717, 1.165) is 16.6 Å². The van der Waals surface area contributed by atoms with E-state index in [1.165, 1.54) is 18.7 Å². The van der Waals surface area contributed by atoms with E-state index < -0.39 is 0 Å². The number of hydrogen-bond donors (Lipinski definition) is 2. The molecule has 0 unspecified atom stereocenters. The number of benzene rings is 2. The Kier molecular flexibility index (Phi) is 5.80. The summed E-state index contributed by atoms with van der Waals surface area (Å²) in [5.41, 5.74) is 7.47.